The number of furan rings is 1. The van der Waals surface area contributed by atoms with Crippen LogP contribution in [0.25, 0.3) is 0 Å². The number of carboxylic acid groups (broad SMARTS) is 2. The van der Waals surface area contributed by atoms with Crippen molar-refractivity contribution in [1.82, 2.24) is 0 Å². The predicted molar refractivity (Wildman–Crippen MR) is 60.5 cm³/mol. The minimum absolute atomic E-state index is 0.0108. The highest BCUT2D eigenvalue weighted by Gasteiger charge is 2.29. The fourth-order valence-electron chi connectivity index (χ4n) is 1.73. The van der Waals surface area contributed by atoms with Crippen molar-refractivity contribution in [2.45, 2.75) is 39.5 Å². The summed E-state index contributed by atoms with van der Waals surface area (Å²) < 4.78 is 5.41. The molecule has 0 saturated heterocycles. The molecule has 1 aromatic rings. The van der Waals surface area contributed by atoms with E-state index in [0.29, 0.717) is 17.7 Å². The lowest BCUT2D eigenvalue weighted by molar-refractivity contribution is -0.138. The summed E-state index contributed by atoms with van der Waals surface area (Å²) in [6.07, 6.45) is 1.42. The lowest BCUT2D eigenvalue weighted by Crippen LogP contribution is -2.11. The second-order valence-corrected chi connectivity index (χ2v) is 4.00. The van der Waals surface area contributed by atoms with E-state index < -0.39 is 17.9 Å². The summed E-state index contributed by atoms with van der Waals surface area (Å²) in [6, 6.07) is 0. The number of aryl methyl sites for hydroxylation is 1. The zero-order chi connectivity index (χ0) is 13.2. The Morgan fingerprint density at radius 3 is 2.35 bits per heavy atom. The molecular formula is C12H16O5. The van der Waals surface area contributed by atoms with Crippen molar-refractivity contribution in [3.8, 4) is 0 Å². The molecule has 17 heavy (non-hydrogen) atoms. The summed E-state index contributed by atoms with van der Waals surface area (Å²) in [5.41, 5.74) is 0.519. The summed E-state index contributed by atoms with van der Waals surface area (Å²) in [7, 11) is 0. The summed E-state index contributed by atoms with van der Waals surface area (Å²) >= 11 is 0. The van der Waals surface area contributed by atoms with Gasteiger partial charge in [0, 0.05) is 12.0 Å². The van der Waals surface area contributed by atoms with Crippen LogP contribution >= 0.6 is 0 Å². The Bertz CT molecular complexity index is 444. The molecule has 0 amide bonds. The molecule has 1 atom stereocenters. The van der Waals surface area contributed by atoms with Crippen LogP contribution in [0.5, 0.6) is 0 Å². The zero-order valence-electron chi connectivity index (χ0n) is 10.1. The standard InChI is InChI=1S/C12H16O5/c1-4-5-8-6(2)9(12(15)16)10(17-8)7(3)11(13)14/h7H,4-5H2,1-3H3,(H,13,14)(H,15,16). The molecule has 0 bridgehead atoms. The Kier molecular flexibility index (Phi) is 3.93. The van der Waals surface area contributed by atoms with Crippen LogP contribution < -0.4 is 0 Å². The third-order valence-electron chi connectivity index (χ3n) is 2.73. The van der Waals surface area contributed by atoms with Gasteiger partial charge in [-0.25, -0.2) is 4.79 Å². The van der Waals surface area contributed by atoms with Gasteiger partial charge in [0.05, 0.1) is 0 Å². The molecule has 0 aliphatic rings. The Labute approximate surface area is 99.1 Å². The molecular weight excluding hydrogens is 224 g/mol. The van der Waals surface area contributed by atoms with Crippen molar-refractivity contribution in [1.29, 1.82) is 0 Å². The Hall–Kier alpha value is -1.78. The van der Waals surface area contributed by atoms with Crippen LogP contribution in [0.15, 0.2) is 4.42 Å². The molecule has 0 radical (unpaired) electrons. The third kappa shape index (κ3) is 2.49. The fourth-order valence-corrected chi connectivity index (χ4v) is 1.73. The number of aliphatic carboxylic acids is 1. The topological polar surface area (TPSA) is 87.7 Å². The lowest BCUT2D eigenvalue weighted by atomic mass is 10.0. The first kappa shape index (κ1) is 13.3. The number of carbonyl (C=O) groups is 2. The molecule has 0 aliphatic carbocycles. The van der Waals surface area contributed by atoms with E-state index >= 15 is 0 Å². The highest BCUT2D eigenvalue weighted by molar-refractivity contribution is 5.93. The third-order valence-corrected chi connectivity index (χ3v) is 2.73. The lowest BCUT2D eigenvalue weighted by Gasteiger charge is -2.03. The number of hydrogen-bond donors (Lipinski definition) is 2. The molecule has 1 rings (SSSR count). The minimum Gasteiger partial charge on any atom is -0.481 e. The van der Waals surface area contributed by atoms with Crippen LogP contribution in [-0.4, -0.2) is 22.2 Å². The SMILES string of the molecule is CCCc1oc(C(C)C(=O)O)c(C(=O)O)c1C. The van der Waals surface area contributed by atoms with Crippen LogP contribution in [0.1, 0.15) is 53.6 Å². The maximum atomic E-state index is 11.1. The molecule has 1 unspecified atom stereocenters. The van der Waals surface area contributed by atoms with E-state index in [9.17, 15) is 9.59 Å². The monoisotopic (exact) mass is 240 g/mol. The van der Waals surface area contributed by atoms with Gasteiger partial charge in [0.2, 0.25) is 0 Å². The van der Waals surface area contributed by atoms with E-state index in [-0.39, 0.29) is 11.3 Å². The molecule has 0 spiro atoms. The molecule has 0 aromatic carbocycles. The van der Waals surface area contributed by atoms with E-state index in [0.717, 1.165) is 6.42 Å². The van der Waals surface area contributed by atoms with Crippen LogP contribution in [0.2, 0.25) is 0 Å². The second kappa shape index (κ2) is 5.03. The van der Waals surface area contributed by atoms with Gasteiger partial charge in [0.15, 0.2) is 0 Å². The van der Waals surface area contributed by atoms with Crippen molar-refractivity contribution in [2.75, 3.05) is 0 Å². The Morgan fingerprint density at radius 2 is 1.94 bits per heavy atom. The molecule has 2 N–H and O–H groups in total. The average molecular weight is 240 g/mol. The van der Waals surface area contributed by atoms with E-state index in [4.69, 9.17) is 14.6 Å². The molecule has 5 nitrogen and oxygen atoms in total. The highest BCUT2D eigenvalue weighted by atomic mass is 16.4. The minimum atomic E-state index is -1.14. The predicted octanol–water partition coefficient (Wildman–Crippen LogP) is 2.43. The Balaban J connectivity index is 3.33. The van der Waals surface area contributed by atoms with Crippen LogP contribution in [0.4, 0.5) is 0 Å². The number of hydrogen-bond acceptors (Lipinski definition) is 3. The summed E-state index contributed by atoms with van der Waals surface area (Å²) in [5, 5.41) is 18.0. The van der Waals surface area contributed by atoms with Gasteiger partial charge in [-0.15, -0.1) is 0 Å². The van der Waals surface area contributed by atoms with Crippen LogP contribution in [0, 0.1) is 6.92 Å². The van der Waals surface area contributed by atoms with Crippen molar-refractivity contribution in [3.63, 3.8) is 0 Å². The molecule has 0 fully saturated rings. The van der Waals surface area contributed by atoms with Gasteiger partial charge in [-0.1, -0.05) is 6.92 Å². The first-order chi connectivity index (χ1) is 7.90. The highest BCUT2D eigenvalue weighted by Crippen LogP contribution is 2.29. The molecule has 5 heteroatoms. The van der Waals surface area contributed by atoms with Gasteiger partial charge in [-0.2, -0.15) is 0 Å². The molecule has 94 valence electrons. The second-order valence-electron chi connectivity index (χ2n) is 4.00. The first-order valence-corrected chi connectivity index (χ1v) is 5.48. The quantitative estimate of drug-likeness (QED) is 0.825. The summed E-state index contributed by atoms with van der Waals surface area (Å²) in [5.74, 6) is -2.59. The van der Waals surface area contributed by atoms with E-state index in [1.165, 1.54) is 6.92 Å². The van der Waals surface area contributed by atoms with E-state index in [1.54, 1.807) is 6.92 Å². The molecule has 0 aliphatic heterocycles. The molecule has 1 heterocycles. The number of rotatable bonds is 5. The summed E-state index contributed by atoms with van der Waals surface area (Å²) in [6.45, 7) is 5.02. The fraction of sp³-hybridized carbons (Fsp3) is 0.500. The smallest absolute Gasteiger partial charge is 0.339 e. The average Bonchev–Trinajstić information content (AvgIpc) is 2.55. The van der Waals surface area contributed by atoms with Gasteiger partial charge in [0.25, 0.3) is 0 Å². The van der Waals surface area contributed by atoms with Crippen molar-refractivity contribution < 1.29 is 24.2 Å². The largest absolute Gasteiger partial charge is 0.481 e. The molecule has 1 aromatic heterocycles. The van der Waals surface area contributed by atoms with E-state index in [1.807, 2.05) is 6.92 Å². The van der Waals surface area contributed by atoms with Gasteiger partial charge in [0.1, 0.15) is 23.0 Å². The number of carboxylic acids is 2. The van der Waals surface area contributed by atoms with Gasteiger partial charge < -0.3 is 14.6 Å². The van der Waals surface area contributed by atoms with Crippen molar-refractivity contribution in [3.05, 3.63) is 22.6 Å². The van der Waals surface area contributed by atoms with Crippen LogP contribution in [-0.2, 0) is 11.2 Å². The van der Waals surface area contributed by atoms with Gasteiger partial charge >= 0.3 is 11.9 Å². The number of aromatic carboxylic acids is 1. The van der Waals surface area contributed by atoms with Crippen molar-refractivity contribution >= 4 is 11.9 Å². The van der Waals surface area contributed by atoms with Crippen molar-refractivity contribution in [2.24, 2.45) is 0 Å². The Morgan fingerprint density at radius 1 is 1.35 bits per heavy atom. The normalized spacial score (nSPS) is 12.4. The van der Waals surface area contributed by atoms with Gasteiger partial charge in [-0.05, 0) is 20.3 Å². The van der Waals surface area contributed by atoms with E-state index in [2.05, 4.69) is 0 Å². The van der Waals surface area contributed by atoms with Crippen LogP contribution in [0.3, 0.4) is 0 Å². The maximum absolute atomic E-state index is 11.1. The first-order valence-electron chi connectivity index (χ1n) is 5.48. The van der Waals surface area contributed by atoms with Gasteiger partial charge in [-0.3, -0.25) is 4.79 Å². The maximum Gasteiger partial charge on any atom is 0.339 e. The molecule has 0 saturated carbocycles. The zero-order valence-corrected chi connectivity index (χ0v) is 10.1. The summed E-state index contributed by atoms with van der Waals surface area (Å²) in [4.78, 5) is 22.0.